The lowest BCUT2D eigenvalue weighted by Gasteiger charge is -2.13. The van der Waals surface area contributed by atoms with Gasteiger partial charge in [0.25, 0.3) is 5.56 Å². The maximum atomic E-state index is 12.3. The number of H-pyrrole nitrogens is 2. The monoisotopic (exact) mass is 341 g/mol. The van der Waals surface area contributed by atoms with Gasteiger partial charge in [-0.05, 0) is 29.8 Å². The van der Waals surface area contributed by atoms with Crippen LogP contribution < -0.4 is 16.0 Å². The lowest BCUT2D eigenvalue weighted by atomic mass is 9.91. The molecule has 1 atom stereocenters. The Morgan fingerprint density at radius 3 is 2.60 bits per heavy atom. The van der Waals surface area contributed by atoms with Crippen molar-refractivity contribution in [2.75, 3.05) is 7.11 Å². The normalized spacial score (nSPS) is 12.0. The van der Waals surface area contributed by atoms with Crippen molar-refractivity contribution < 1.29 is 13.9 Å². The zero-order valence-electron chi connectivity index (χ0n) is 13.7. The molecule has 1 aromatic carbocycles. The molecule has 0 aliphatic rings. The number of hydrogen-bond donors (Lipinski definition) is 3. The summed E-state index contributed by atoms with van der Waals surface area (Å²) in [5, 5.41) is 5.50. The number of aromatic amines is 2. The fourth-order valence-corrected chi connectivity index (χ4v) is 2.90. The Morgan fingerprint density at radius 2 is 2.00 bits per heavy atom. The van der Waals surface area contributed by atoms with Crippen molar-refractivity contribution >= 4 is 5.91 Å². The van der Waals surface area contributed by atoms with Crippen molar-refractivity contribution in [2.24, 2.45) is 5.73 Å². The molecule has 0 aliphatic carbocycles. The summed E-state index contributed by atoms with van der Waals surface area (Å²) in [4.78, 5) is 23.8. The van der Waals surface area contributed by atoms with Crippen LogP contribution in [0.4, 0.5) is 0 Å². The molecule has 7 nitrogen and oxygen atoms in total. The van der Waals surface area contributed by atoms with E-state index in [4.69, 9.17) is 14.9 Å². The van der Waals surface area contributed by atoms with Crippen LogP contribution in [0.25, 0.3) is 0 Å². The molecule has 0 bridgehead atoms. The highest BCUT2D eigenvalue weighted by Crippen LogP contribution is 2.29. The number of benzene rings is 1. The van der Waals surface area contributed by atoms with Crippen molar-refractivity contribution in [2.45, 2.75) is 18.8 Å². The summed E-state index contributed by atoms with van der Waals surface area (Å²) in [6.45, 7) is 0. The first-order valence-electron chi connectivity index (χ1n) is 7.82. The highest BCUT2D eigenvalue weighted by atomic mass is 16.5. The first kappa shape index (κ1) is 16.6. The number of nitrogens with two attached hydrogens (primary N) is 1. The maximum absolute atomic E-state index is 12.3. The zero-order chi connectivity index (χ0) is 17.8. The lowest BCUT2D eigenvalue weighted by Crippen LogP contribution is -2.20. The minimum absolute atomic E-state index is 0.00986. The van der Waals surface area contributed by atoms with Gasteiger partial charge in [0.05, 0.1) is 24.9 Å². The zero-order valence-corrected chi connectivity index (χ0v) is 13.7. The SMILES string of the molecule is COc1ccc(Cc2[nH][nH]c(=O)c2C(CC(N)=O)c2ccco2)cc1. The van der Waals surface area contributed by atoms with E-state index in [1.807, 2.05) is 24.3 Å². The van der Waals surface area contributed by atoms with E-state index in [1.165, 1.54) is 6.26 Å². The topological polar surface area (TPSA) is 114 Å². The summed E-state index contributed by atoms with van der Waals surface area (Å²) in [7, 11) is 1.61. The van der Waals surface area contributed by atoms with E-state index in [0.717, 1.165) is 11.3 Å². The largest absolute Gasteiger partial charge is 0.497 e. The number of amides is 1. The summed E-state index contributed by atoms with van der Waals surface area (Å²) in [6.07, 6.45) is 1.99. The van der Waals surface area contributed by atoms with E-state index in [1.54, 1.807) is 19.2 Å². The predicted octanol–water partition coefficient (Wildman–Crippen LogP) is 1.90. The fourth-order valence-electron chi connectivity index (χ4n) is 2.90. The highest BCUT2D eigenvalue weighted by Gasteiger charge is 2.26. The second-order valence-electron chi connectivity index (χ2n) is 5.73. The Balaban J connectivity index is 1.96. The minimum Gasteiger partial charge on any atom is -0.497 e. The van der Waals surface area contributed by atoms with Crippen molar-refractivity contribution in [1.29, 1.82) is 0 Å². The van der Waals surface area contributed by atoms with E-state index in [2.05, 4.69) is 10.2 Å². The van der Waals surface area contributed by atoms with Gasteiger partial charge in [-0.1, -0.05) is 12.1 Å². The number of carbonyl (C=O) groups excluding carboxylic acids is 1. The molecule has 25 heavy (non-hydrogen) atoms. The number of aromatic nitrogens is 2. The third kappa shape index (κ3) is 3.65. The van der Waals surface area contributed by atoms with E-state index in [9.17, 15) is 9.59 Å². The van der Waals surface area contributed by atoms with Crippen LogP contribution in [0.1, 0.15) is 34.9 Å². The van der Waals surface area contributed by atoms with Gasteiger partial charge in [0.2, 0.25) is 5.91 Å². The van der Waals surface area contributed by atoms with Gasteiger partial charge in [0.1, 0.15) is 11.5 Å². The molecule has 0 radical (unpaired) electrons. The second-order valence-corrected chi connectivity index (χ2v) is 5.73. The first-order chi connectivity index (χ1) is 12.1. The molecule has 2 heterocycles. The maximum Gasteiger partial charge on any atom is 0.268 e. The number of furan rings is 1. The van der Waals surface area contributed by atoms with Crippen LogP contribution in [0.5, 0.6) is 5.75 Å². The molecule has 0 fully saturated rings. The molecule has 0 saturated carbocycles. The van der Waals surface area contributed by atoms with E-state index in [0.29, 0.717) is 23.4 Å². The first-order valence-corrected chi connectivity index (χ1v) is 7.82. The summed E-state index contributed by atoms with van der Waals surface area (Å²) < 4.78 is 10.6. The van der Waals surface area contributed by atoms with Gasteiger partial charge in [0, 0.05) is 18.5 Å². The predicted molar refractivity (Wildman–Crippen MR) is 91.6 cm³/mol. The van der Waals surface area contributed by atoms with Crippen LogP contribution in [-0.2, 0) is 11.2 Å². The van der Waals surface area contributed by atoms with E-state index >= 15 is 0 Å². The van der Waals surface area contributed by atoms with Gasteiger partial charge in [-0.2, -0.15) is 0 Å². The number of ether oxygens (including phenoxy) is 1. The Labute approximate surface area is 143 Å². The van der Waals surface area contributed by atoms with Gasteiger partial charge in [-0.3, -0.25) is 14.7 Å². The van der Waals surface area contributed by atoms with Crippen LogP contribution in [0.2, 0.25) is 0 Å². The number of primary amides is 1. The Bertz CT molecular complexity index is 891. The summed E-state index contributed by atoms with van der Waals surface area (Å²) >= 11 is 0. The minimum atomic E-state index is -0.532. The van der Waals surface area contributed by atoms with Crippen molar-refractivity contribution in [3.63, 3.8) is 0 Å². The number of methoxy groups -OCH3 is 1. The molecule has 2 aromatic heterocycles. The summed E-state index contributed by atoms with van der Waals surface area (Å²) in [5.41, 5.74) is 7.24. The summed E-state index contributed by atoms with van der Waals surface area (Å²) in [5.74, 6) is 0.252. The molecular formula is C18H19N3O4. The Hall–Kier alpha value is -3.22. The second kappa shape index (κ2) is 7.12. The molecule has 4 N–H and O–H groups in total. The number of rotatable bonds is 7. The van der Waals surface area contributed by atoms with Gasteiger partial charge in [-0.15, -0.1) is 0 Å². The van der Waals surface area contributed by atoms with Crippen LogP contribution >= 0.6 is 0 Å². The molecule has 7 heteroatoms. The van der Waals surface area contributed by atoms with Crippen LogP contribution in [-0.4, -0.2) is 23.2 Å². The molecule has 0 saturated heterocycles. The molecule has 3 rings (SSSR count). The van der Waals surface area contributed by atoms with E-state index < -0.39 is 11.8 Å². The van der Waals surface area contributed by atoms with Gasteiger partial charge >= 0.3 is 0 Å². The third-order valence-electron chi connectivity index (χ3n) is 4.08. The van der Waals surface area contributed by atoms with Crippen LogP contribution in [0.3, 0.4) is 0 Å². The molecule has 130 valence electrons. The van der Waals surface area contributed by atoms with Crippen LogP contribution in [0, 0.1) is 0 Å². The molecular weight excluding hydrogens is 322 g/mol. The Morgan fingerprint density at radius 1 is 1.24 bits per heavy atom. The van der Waals surface area contributed by atoms with Crippen molar-refractivity contribution in [3.05, 3.63) is 75.6 Å². The molecule has 3 aromatic rings. The number of carbonyl (C=O) groups is 1. The highest BCUT2D eigenvalue weighted by molar-refractivity contribution is 5.75. The summed E-state index contributed by atoms with van der Waals surface area (Å²) in [6, 6.07) is 11.0. The number of nitrogens with one attached hydrogen (secondary N) is 2. The van der Waals surface area contributed by atoms with Crippen molar-refractivity contribution in [3.8, 4) is 5.75 Å². The molecule has 0 aliphatic heterocycles. The molecule has 0 spiro atoms. The van der Waals surface area contributed by atoms with Gasteiger partial charge in [-0.25, -0.2) is 0 Å². The van der Waals surface area contributed by atoms with E-state index in [-0.39, 0.29) is 12.0 Å². The lowest BCUT2D eigenvalue weighted by molar-refractivity contribution is -0.118. The Kier molecular flexibility index (Phi) is 4.74. The fraction of sp³-hybridized carbons (Fsp3) is 0.222. The molecule has 1 unspecified atom stereocenters. The third-order valence-corrected chi connectivity index (χ3v) is 4.08. The van der Waals surface area contributed by atoms with Gasteiger partial charge < -0.3 is 20.0 Å². The average molecular weight is 341 g/mol. The van der Waals surface area contributed by atoms with Gasteiger partial charge in [0.15, 0.2) is 0 Å². The average Bonchev–Trinajstić information content (AvgIpc) is 3.24. The molecule has 1 amide bonds. The van der Waals surface area contributed by atoms with Crippen molar-refractivity contribution in [1.82, 2.24) is 10.2 Å². The number of hydrogen-bond acceptors (Lipinski definition) is 4. The standard InChI is InChI=1S/C18H19N3O4/c1-24-12-6-4-11(5-7-12)9-14-17(18(23)21-20-14)13(10-16(19)22)15-3-2-8-25-15/h2-8,13H,9-10H2,1H3,(H2,19,22)(H2,20,21,23). The smallest absolute Gasteiger partial charge is 0.268 e. The quantitative estimate of drug-likeness (QED) is 0.609. The van der Waals surface area contributed by atoms with Crippen LogP contribution in [0.15, 0.2) is 51.9 Å².